The van der Waals surface area contributed by atoms with Crippen LogP contribution in [0.1, 0.15) is 32.1 Å². The van der Waals surface area contributed by atoms with Gasteiger partial charge in [0.15, 0.2) is 0 Å². The van der Waals surface area contributed by atoms with E-state index in [9.17, 15) is 13.2 Å². The van der Waals surface area contributed by atoms with Crippen molar-refractivity contribution in [3.8, 4) is 0 Å². The third-order valence-electron chi connectivity index (χ3n) is 5.55. The number of nitrogens with one attached hydrogen (secondary N) is 2. The minimum absolute atomic E-state index is 0.0520. The number of sulfonamides is 1. The highest BCUT2D eigenvalue weighted by atomic mass is 32.2. The zero-order valence-electron chi connectivity index (χ0n) is 16.5. The summed E-state index contributed by atoms with van der Waals surface area (Å²) in [5.41, 5.74) is 1.32. The van der Waals surface area contributed by atoms with Crippen molar-refractivity contribution in [2.24, 2.45) is 5.92 Å². The van der Waals surface area contributed by atoms with Crippen molar-refractivity contribution in [2.75, 3.05) is 38.4 Å². The zero-order chi connectivity index (χ0) is 19.8. The highest BCUT2D eigenvalue weighted by molar-refractivity contribution is 7.89. The summed E-state index contributed by atoms with van der Waals surface area (Å²) < 4.78 is 26.1. The maximum absolute atomic E-state index is 12.7. The smallest absolute Gasteiger partial charge is 0.242 e. The van der Waals surface area contributed by atoms with E-state index in [1.165, 1.54) is 31.2 Å². The third kappa shape index (κ3) is 4.44. The summed E-state index contributed by atoms with van der Waals surface area (Å²) in [6.07, 6.45) is 4.97. The summed E-state index contributed by atoms with van der Waals surface area (Å²) in [4.78, 5) is 14.7. The number of rotatable bonds is 6. The second kappa shape index (κ2) is 7.77. The van der Waals surface area contributed by atoms with Crippen LogP contribution in [0.4, 0.5) is 11.4 Å². The molecule has 27 heavy (non-hydrogen) atoms. The summed E-state index contributed by atoms with van der Waals surface area (Å²) >= 11 is 0. The molecule has 2 bridgehead atoms. The topological polar surface area (TPSA) is 81.8 Å². The van der Waals surface area contributed by atoms with Gasteiger partial charge in [0, 0.05) is 46.7 Å². The summed E-state index contributed by atoms with van der Waals surface area (Å²) in [7, 11) is 3.18. The Bertz CT molecular complexity index is 795. The fourth-order valence-electron chi connectivity index (χ4n) is 4.18. The van der Waals surface area contributed by atoms with Crippen molar-refractivity contribution < 1.29 is 13.2 Å². The summed E-state index contributed by atoms with van der Waals surface area (Å²) in [6, 6.07) is 5.95. The van der Waals surface area contributed by atoms with Crippen molar-refractivity contribution in [1.29, 1.82) is 0 Å². The number of amides is 1. The van der Waals surface area contributed by atoms with Crippen LogP contribution in [-0.4, -0.2) is 58.9 Å². The molecule has 2 aliphatic rings. The van der Waals surface area contributed by atoms with Crippen molar-refractivity contribution in [2.45, 2.75) is 49.1 Å². The van der Waals surface area contributed by atoms with Crippen molar-refractivity contribution in [1.82, 2.24) is 9.62 Å². The van der Waals surface area contributed by atoms with Crippen LogP contribution in [0.5, 0.6) is 0 Å². The lowest BCUT2D eigenvalue weighted by Crippen LogP contribution is -2.39. The van der Waals surface area contributed by atoms with E-state index in [1.54, 1.807) is 18.2 Å². The van der Waals surface area contributed by atoms with Crippen LogP contribution in [0.2, 0.25) is 0 Å². The van der Waals surface area contributed by atoms with E-state index in [0.29, 0.717) is 30.1 Å². The number of benzene rings is 1. The van der Waals surface area contributed by atoms with E-state index < -0.39 is 10.0 Å². The SMILES string of the molecule is CN(C)c1ccc(S(=O)(=O)N(C)C)cc1NC(=O)CC1CC2CCC(C1)N2. The third-order valence-corrected chi connectivity index (χ3v) is 7.36. The Balaban J connectivity index is 1.76. The van der Waals surface area contributed by atoms with Crippen LogP contribution in [0, 0.1) is 5.92 Å². The van der Waals surface area contributed by atoms with Gasteiger partial charge in [-0.3, -0.25) is 4.79 Å². The monoisotopic (exact) mass is 394 g/mol. The Morgan fingerprint density at radius 2 is 1.78 bits per heavy atom. The first kappa shape index (κ1) is 20.1. The van der Waals surface area contributed by atoms with Gasteiger partial charge in [-0.1, -0.05) is 0 Å². The lowest BCUT2D eigenvalue weighted by atomic mass is 9.89. The molecular weight excluding hydrogens is 364 g/mol. The van der Waals surface area contributed by atoms with Gasteiger partial charge in [-0.05, 0) is 49.8 Å². The molecule has 0 aromatic heterocycles. The van der Waals surface area contributed by atoms with E-state index in [-0.39, 0.29) is 10.8 Å². The Hall–Kier alpha value is -1.64. The fraction of sp³-hybridized carbons (Fsp3) is 0.632. The molecule has 2 saturated heterocycles. The van der Waals surface area contributed by atoms with Crippen LogP contribution < -0.4 is 15.5 Å². The first-order valence-corrected chi connectivity index (χ1v) is 10.9. The van der Waals surface area contributed by atoms with E-state index in [1.807, 2.05) is 19.0 Å². The van der Waals surface area contributed by atoms with Crippen molar-refractivity contribution in [3.05, 3.63) is 18.2 Å². The molecule has 150 valence electrons. The van der Waals surface area contributed by atoms with Crippen LogP contribution in [-0.2, 0) is 14.8 Å². The van der Waals surface area contributed by atoms with E-state index >= 15 is 0 Å². The molecule has 0 spiro atoms. The lowest BCUT2D eigenvalue weighted by molar-refractivity contribution is -0.117. The van der Waals surface area contributed by atoms with Crippen LogP contribution >= 0.6 is 0 Å². The summed E-state index contributed by atoms with van der Waals surface area (Å²) in [5, 5.41) is 6.55. The molecule has 0 saturated carbocycles. The van der Waals surface area contributed by atoms with E-state index in [4.69, 9.17) is 0 Å². The Morgan fingerprint density at radius 3 is 2.33 bits per heavy atom. The molecule has 0 radical (unpaired) electrons. The molecule has 3 rings (SSSR count). The lowest BCUT2D eigenvalue weighted by Gasteiger charge is -2.29. The number of carbonyl (C=O) groups excluding carboxylic acids is 1. The first-order valence-electron chi connectivity index (χ1n) is 9.46. The molecule has 1 amide bonds. The molecule has 1 aromatic carbocycles. The number of hydrogen-bond donors (Lipinski definition) is 2. The predicted octanol–water partition coefficient (Wildman–Crippen LogP) is 1.86. The minimum Gasteiger partial charge on any atom is -0.376 e. The van der Waals surface area contributed by atoms with Gasteiger partial charge in [-0.2, -0.15) is 0 Å². The maximum atomic E-state index is 12.7. The molecule has 2 heterocycles. The molecule has 1 aromatic rings. The normalized spacial score (nSPS) is 24.9. The molecule has 2 unspecified atom stereocenters. The quantitative estimate of drug-likeness (QED) is 0.770. The van der Waals surface area contributed by atoms with Crippen molar-refractivity contribution in [3.63, 3.8) is 0 Å². The highest BCUT2D eigenvalue weighted by Crippen LogP contribution is 2.34. The predicted molar refractivity (Wildman–Crippen MR) is 108 cm³/mol. The van der Waals surface area contributed by atoms with Gasteiger partial charge in [0.2, 0.25) is 15.9 Å². The second-order valence-corrected chi connectivity index (χ2v) is 10.2. The van der Waals surface area contributed by atoms with Gasteiger partial charge >= 0.3 is 0 Å². The fourth-order valence-corrected chi connectivity index (χ4v) is 5.11. The molecule has 2 aliphatic heterocycles. The zero-order valence-corrected chi connectivity index (χ0v) is 17.3. The highest BCUT2D eigenvalue weighted by Gasteiger charge is 2.34. The average molecular weight is 395 g/mol. The minimum atomic E-state index is -3.56. The number of carbonyl (C=O) groups is 1. The largest absolute Gasteiger partial charge is 0.376 e. The molecule has 2 N–H and O–H groups in total. The maximum Gasteiger partial charge on any atom is 0.242 e. The summed E-state index contributed by atoms with van der Waals surface area (Å²) in [5.74, 6) is 0.337. The number of anilines is 2. The second-order valence-electron chi connectivity index (χ2n) is 8.09. The average Bonchev–Trinajstić information content (AvgIpc) is 2.92. The molecule has 0 aliphatic carbocycles. The molecule has 8 heteroatoms. The first-order chi connectivity index (χ1) is 12.7. The Kier molecular flexibility index (Phi) is 5.79. The van der Waals surface area contributed by atoms with Gasteiger partial charge in [0.05, 0.1) is 16.3 Å². The van der Waals surface area contributed by atoms with Gasteiger partial charge in [0.1, 0.15) is 0 Å². The van der Waals surface area contributed by atoms with Crippen LogP contribution in [0.15, 0.2) is 23.1 Å². The van der Waals surface area contributed by atoms with Gasteiger partial charge < -0.3 is 15.5 Å². The number of fused-ring (bicyclic) bond motifs is 2. The molecule has 2 atom stereocenters. The Labute approximate surface area is 162 Å². The van der Waals surface area contributed by atoms with E-state index in [0.717, 1.165) is 18.5 Å². The molecule has 7 nitrogen and oxygen atoms in total. The summed E-state index contributed by atoms with van der Waals surface area (Å²) in [6.45, 7) is 0. The van der Waals surface area contributed by atoms with E-state index in [2.05, 4.69) is 10.6 Å². The standard InChI is InChI=1S/C19H30N4O3S/c1-22(2)18-8-7-16(27(25,26)23(3)4)12-17(18)21-19(24)11-13-9-14-5-6-15(10-13)20-14/h7-8,12-15,20H,5-6,9-11H2,1-4H3,(H,21,24). The number of nitrogens with zero attached hydrogens (tertiary/aromatic N) is 2. The molecular formula is C19H30N4O3S. The van der Waals surface area contributed by atoms with Crippen LogP contribution in [0.25, 0.3) is 0 Å². The Morgan fingerprint density at radius 1 is 1.15 bits per heavy atom. The number of piperidine rings is 1. The molecule has 2 fully saturated rings. The number of hydrogen-bond acceptors (Lipinski definition) is 5. The van der Waals surface area contributed by atoms with Gasteiger partial charge in [-0.15, -0.1) is 0 Å². The van der Waals surface area contributed by atoms with Crippen LogP contribution in [0.3, 0.4) is 0 Å². The van der Waals surface area contributed by atoms with Gasteiger partial charge in [0.25, 0.3) is 0 Å². The van der Waals surface area contributed by atoms with Crippen molar-refractivity contribution >= 4 is 27.3 Å². The van der Waals surface area contributed by atoms with Gasteiger partial charge in [-0.25, -0.2) is 12.7 Å².